The van der Waals surface area contributed by atoms with Gasteiger partial charge in [-0.2, -0.15) is 0 Å². The molecule has 0 amide bonds. The van der Waals surface area contributed by atoms with Gasteiger partial charge in [-0.25, -0.2) is 9.78 Å². The number of nitrogens with zero attached hydrogens (tertiary/aromatic N) is 2. The number of halogens is 2. The number of aromatic nitrogens is 2. The summed E-state index contributed by atoms with van der Waals surface area (Å²) in [7, 11) is 0. The summed E-state index contributed by atoms with van der Waals surface area (Å²) in [6, 6.07) is 1.86. The lowest BCUT2D eigenvalue weighted by Crippen LogP contribution is -2.00. The van der Waals surface area contributed by atoms with E-state index >= 15 is 0 Å². The summed E-state index contributed by atoms with van der Waals surface area (Å²) in [6.07, 6.45) is 1.66. The van der Waals surface area contributed by atoms with E-state index in [0.29, 0.717) is 16.4 Å². The minimum Gasteiger partial charge on any atom is -0.477 e. The number of thiazole rings is 1. The highest BCUT2D eigenvalue weighted by Crippen LogP contribution is 2.35. The van der Waals surface area contributed by atoms with E-state index in [1.54, 1.807) is 6.20 Å². The van der Waals surface area contributed by atoms with Crippen LogP contribution in [0.3, 0.4) is 0 Å². The van der Waals surface area contributed by atoms with Crippen LogP contribution >= 0.6 is 43.2 Å². The molecule has 0 spiro atoms. The molecule has 2 aromatic rings. The van der Waals surface area contributed by atoms with Gasteiger partial charge in [-0.3, -0.25) is 4.98 Å². The SMILES string of the molecule is CC(C)c1nc(-c2ncc(Br)cc2Br)sc1C(=O)O. The van der Waals surface area contributed by atoms with Crippen molar-refractivity contribution >= 4 is 49.2 Å². The average molecular weight is 406 g/mol. The maximum Gasteiger partial charge on any atom is 0.347 e. The van der Waals surface area contributed by atoms with Crippen molar-refractivity contribution in [3.05, 3.63) is 31.8 Å². The van der Waals surface area contributed by atoms with E-state index in [1.807, 2.05) is 19.9 Å². The zero-order valence-corrected chi connectivity index (χ0v) is 14.1. The predicted molar refractivity (Wildman–Crippen MR) is 81.8 cm³/mol. The Morgan fingerprint density at radius 1 is 1.42 bits per heavy atom. The highest BCUT2D eigenvalue weighted by molar-refractivity contribution is 9.11. The van der Waals surface area contributed by atoms with Crippen molar-refractivity contribution in [3.8, 4) is 10.7 Å². The van der Waals surface area contributed by atoms with Crippen LogP contribution in [0.1, 0.15) is 35.1 Å². The molecule has 7 heteroatoms. The molecule has 0 unspecified atom stereocenters. The molecule has 0 aliphatic rings. The van der Waals surface area contributed by atoms with Gasteiger partial charge in [0.25, 0.3) is 0 Å². The molecule has 4 nitrogen and oxygen atoms in total. The zero-order chi connectivity index (χ0) is 14.2. The van der Waals surface area contributed by atoms with E-state index in [2.05, 4.69) is 41.8 Å². The van der Waals surface area contributed by atoms with E-state index in [4.69, 9.17) is 0 Å². The quantitative estimate of drug-likeness (QED) is 0.813. The van der Waals surface area contributed by atoms with Crippen LogP contribution in [0.4, 0.5) is 0 Å². The molecule has 19 heavy (non-hydrogen) atoms. The van der Waals surface area contributed by atoms with Crippen LogP contribution in [-0.4, -0.2) is 21.0 Å². The summed E-state index contributed by atoms with van der Waals surface area (Å²) in [5.74, 6) is -0.883. The third kappa shape index (κ3) is 3.04. The van der Waals surface area contributed by atoms with Crippen molar-refractivity contribution in [2.45, 2.75) is 19.8 Å². The average Bonchev–Trinajstić information content (AvgIpc) is 2.73. The number of aromatic carboxylic acids is 1. The molecule has 0 bridgehead atoms. The van der Waals surface area contributed by atoms with Gasteiger partial charge < -0.3 is 5.11 Å². The lowest BCUT2D eigenvalue weighted by molar-refractivity contribution is 0.0700. The molecule has 0 fully saturated rings. The number of carboxylic acid groups (broad SMARTS) is 1. The van der Waals surface area contributed by atoms with Gasteiger partial charge in [0.15, 0.2) is 0 Å². The minimum absolute atomic E-state index is 0.0605. The first-order valence-electron chi connectivity index (χ1n) is 5.45. The van der Waals surface area contributed by atoms with Gasteiger partial charge in [0.1, 0.15) is 15.6 Å². The summed E-state index contributed by atoms with van der Waals surface area (Å²) < 4.78 is 1.63. The summed E-state index contributed by atoms with van der Waals surface area (Å²) >= 11 is 7.90. The van der Waals surface area contributed by atoms with Crippen LogP contribution < -0.4 is 0 Å². The molecule has 0 saturated carbocycles. The Morgan fingerprint density at radius 3 is 2.58 bits per heavy atom. The Kier molecular flexibility index (Phi) is 4.37. The molecule has 2 aromatic heterocycles. The molecule has 0 aromatic carbocycles. The molecule has 1 N–H and O–H groups in total. The largest absolute Gasteiger partial charge is 0.477 e. The zero-order valence-electron chi connectivity index (χ0n) is 10.1. The van der Waals surface area contributed by atoms with Gasteiger partial charge in [-0.15, -0.1) is 11.3 Å². The Balaban J connectivity index is 2.57. The lowest BCUT2D eigenvalue weighted by atomic mass is 10.1. The highest BCUT2D eigenvalue weighted by atomic mass is 79.9. The number of rotatable bonds is 3. The van der Waals surface area contributed by atoms with Gasteiger partial charge in [0.2, 0.25) is 0 Å². The van der Waals surface area contributed by atoms with E-state index in [0.717, 1.165) is 20.3 Å². The second kappa shape index (κ2) is 5.68. The first kappa shape index (κ1) is 14.6. The Bertz CT molecular complexity index is 641. The molecule has 0 aliphatic heterocycles. The number of hydrogen-bond donors (Lipinski definition) is 1. The van der Waals surface area contributed by atoms with Crippen LogP contribution in [0.2, 0.25) is 0 Å². The van der Waals surface area contributed by atoms with Crippen molar-refractivity contribution in [2.24, 2.45) is 0 Å². The van der Waals surface area contributed by atoms with E-state index < -0.39 is 5.97 Å². The van der Waals surface area contributed by atoms with Crippen LogP contribution in [0.5, 0.6) is 0 Å². The molecule has 0 atom stereocenters. The van der Waals surface area contributed by atoms with Gasteiger partial charge in [-0.1, -0.05) is 13.8 Å². The van der Waals surface area contributed by atoms with Crippen molar-refractivity contribution < 1.29 is 9.90 Å². The van der Waals surface area contributed by atoms with Crippen LogP contribution in [-0.2, 0) is 0 Å². The maximum absolute atomic E-state index is 11.2. The lowest BCUT2D eigenvalue weighted by Gasteiger charge is -2.01. The predicted octanol–water partition coefficient (Wildman–Crippen LogP) is 4.55. The van der Waals surface area contributed by atoms with Gasteiger partial charge in [0.05, 0.1) is 5.69 Å². The Hall–Kier alpha value is -0.790. The van der Waals surface area contributed by atoms with Gasteiger partial charge >= 0.3 is 5.97 Å². The molecule has 2 rings (SSSR count). The minimum atomic E-state index is -0.944. The third-order valence-corrected chi connectivity index (χ3v) is 4.51. The summed E-state index contributed by atoms with van der Waals surface area (Å²) in [4.78, 5) is 20.2. The van der Waals surface area contributed by atoms with Crippen molar-refractivity contribution in [2.75, 3.05) is 0 Å². The first-order chi connectivity index (χ1) is 8.90. The van der Waals surface area contributed by atoms with Crippen LogP contribution in [0, 0.1) is 0 Å². The standard InChI is InChI=1S/C12H10Br2N2O2S/c1-5(2)8-10(12(17)18)19-11(16-8)9-7(14)3-6(13)4-15-9/h3-5H,1-2H3,(H,17,18). The number of carbonyl (C=O) groups is 1. The number of carboxylic acids is 1. The van der Waals surface area contributed by atoms with Crippen molar-refractivity contribution in [3.63, 3.8) is 0 Å². The van der Waals surface area contributed by atoms with Gasteiger partial charge in [-0.05, 0) is 43.8 Å². The Labute approximate surface area is 131 Å². The smallest absolute Gasteiger partial charge is 0.347 e. The van der Waals surface area contributed by atoms with Crippen molar-refractivity contribution in [1.82, 2.24) is 9.97 Å². The normalized spacial score (nSPS) is 11.0. The molecule has 0 radical (unpaired) electrons. The fourth-order valence-corrected chi connectivity index (χ4v) is 3.93. The fraction of sp³-hybridized carbons (Fsp3) is 0.250. The molecule has 100 valence electrons. The van der Waals surface area contributed by atoms with Crippen molar-refractivity contribution in [1.29, 1.82) is 0 Å². The fourth-order valence-electron chi connectivity index (χ4n) is 1.55. The number of hydrogen-bond acceptors (Lipinski definition) is 4. The highest BCUT2D eigenvalue weighted by Gasteiger charge is 2.21. The molecular formula is C12H10Br2N2O2S. The Morgan fingerprint density at radius 2 is 2.11 bits per heavy atom. The maximum atomic E-state index is 11.2. The van der Waals surface area contributed by atoms with E-state index in [9.17, 15) is 9.90 Å². The second-order valence-corrected chi connectivity index (χ2v) is 6.95. The summed E-state index contributed by atoms with van der Waals surface area (Å²) in [5, 5.41) is 9.83. The number of pyridine rings is 1. The third-order valence-electron chi connectivity index (χ3n) is 2.40. The van der Waals surface area contributed by atoms with Crippen LogP contribution in [0.15, 0.2) is 21.2 Å². The summed E-state index contributed by atoms with van der Waals surface area (Å²) in [5.41, 5.74) is 1.26. The van der Waals surface area contributed by atoms with Gasteiger partial charge in [0, 0.05) is 15.1 Å². The molecular weight excluding hydrogens is 396 g/mol. The topological polar surface area (TPSA) is 63.1 Å². The first-order valence-corrected chi connectivity index (χ1v) is 7.85. The molecule has 0 aliphatic carbocycles. The second-order valence-electron chi connectivity index (χ2n) is 4.18. The van der Waals surface area contributed by atoms with E-state index in [1.165, 1.54) is 0 Å². The van der Waals surface area contributed by atoms with E-state index in [-0.39, 0.29) is 10.8 Å². The summed E-state index contributed by atoms with van der Waals surface area (Å²) in [6.45, 7) is 3.85. The molecule has 2 heterocycles. The molecule has 0 saturated heterocycles. The van der Waals surface area contributed by atoms with Crippen LogP contribution in [0.25, 0.3) is 10.7 Å². The monoisotopic (exact) mass is 404 g/mol.